The van der Waals surface area contributed by atoms with E-state index in [2.05, 4.69) is 41.0 Å². The fourth-order valence-electron chi connectivity index (χ4n) is 2.73. The maximum absolute atomic E-state index is 5.83. The Morgan fingerprint density at radius 3 is 2.68 bits per heavy atom. The molecule has 3 rings (SSSR count). The van der Waals surface area contributed by atoms with E-state index >= 15 is 0 Å². The van der Waals surface area contributed by atoms with Gasteiger partial charge in [-0.25, -0.2) is 9.98 Å². The van der Waals surface area contributed by atoms with Crippen LogP contribution < -0.4 is 14.8 Å². The minimum atomic E-state index is -0.0599. The molecule has 0 unspecified atom stereocenters. The summed E-state index contributed by atoms with van der Waals surface area (Å²) in [5.41, 5.74) is 1.06. The van der Waals surface area contributed by atoms with E-state index in [0.29, 0.717) is 19.0 Å². The van der Waals surface area contributed by atoms with Crippen molar-refractivity contribution in [1.82, 2.24) is 15.2 Å². The topological polar surface area (TPSA) is 72.1 Å². The number of hydrogen-bond donors (Lipinski definition) is 1. The van der Waals surface area contributed by atoms with Gasteiger partial charge in [-0.15, -0.1) is 24.0 Å². The zero-order chi connectivity index (χ0) is 19.4. The second-order valence-corrected chi connectivity index (χ2v) is 7.58. The molecule has 1 aromatic heterocycles. The van der Waals surface area contributed by atoms with E-state index in [4.69, 9.17) is 13.9 Å². The van der Waals surface area contributed by atoms with Gasteiger partial charge < -0.3 is 24.1 Å². The molecule has 1 aliphatic rings. The number of hydrogen-bond acceptors (Lipinski definition) is 5. The Bertz CT molecular complexity index is 814. The lowest BCUT2D eigenvalue weighted by Crippen LogP contribution is -2.38. The van der Waals surface area contributed by atoms with Crippen LogP contribution in [-0.4, -0.2) is 36.2 Å². The molecule has 7 nitrogen and oxygen atoms in total. The second-order valence-electron chi connectivity index (χ2n) is 7.58. The van der Waals surface area contributed by atoms with Crippen LogP contribution >= 0.6 is 24.0 Å². The first-order valence-electron chi connectivity index (χ1n) is 9.20. The highest BCUT2D eigenvalue weighted by atomic mass is 127. The Hall–Kier alpha value is -1.97. The van der Waals surface area contributed by atoms with E-state index in [1.807, 2.05) is 32.2 Å². The van der Waals surface area contributed by atoms with Crippen molar-refractivity contribution in [2.24, 2.45) is 4.99 Å². The maximum Gasteiger partial charge on any atom is 0.231 e. The molecule has 2 aromatic rings. The summed E-state index contributed by atoms with van der Waals surface area (Å²) in [4.78, 5) is 11.1. The lowest BCUT2D eigenvalue weighted by atomic mass is 9.94. The van der Waals surface area contributed by atoms with E-state index in [9.17, 15) is 0 Å². The molecule has 0 radical (unpaired) electrons. The van der Waals surface area contributed by atoms with Gasteiger partial charge in [0.2, 0.25) is 12.7 Å². The predicted octanol–water partition coefficient (Wildman–Crippen LogP) is 3.92. The van der Waals surface area contributed by atoms with Crippen LogP contribution in [0, 0.1) is 0 Å². The second kappa shape index (κ2) is 9.49. The monoisotopic (exact) mass is 500 g/mol. The number of fused-ring (bicyclic) bond motifs is 1. The summed E-state index contributed by atoms with van der Waals surface area (Å²) in [6.07, 6.45) is 1.79. The molecule has 8 heteroatoms. The van der Waals surface area contributed by atoms with Gasteiger partial charge in [0, 0.05) is 25.6 Å². The van der Waals surface area contributed by atoms with Gasteiger partial charge >= 0.3 is 0 Å². The van der Waals surface area contributed by atoms with Gasteiger partial charge in [-0.3, -0.25) is 0 Å². The average Bonchev–Trinajstić information content (AvgIpc) is 3.26. The predicted molar refractivity (Wildman–Crippen MR) is 119 cm³/mol. The zero-order valence-corrected chi connectivity index (χ0v) is 19.4. The van der Waals surface area contributed by atoms with Gasteiger partial charge in [-0.2, -0.15) is 0 Å². The van der Waals surface area contributed by atoms with Gasteiger partial charge in [0.1, 0.15) is 12.3 Å². The highest BCUT2D eigenvalue weighted by molar-refractivity contribution is 14.0. The van der Waals surface area contributed by atoms with E-state index in [0.717, 1.165) is 35.3 Å². The van der Waals surface area contributed by atoms with Crippen LogP contribution in [0.15, 0.2) is 33.8 Å². The molecule has 0 spiro atoms. The molecule has 0 atom stereocenters. The molecule has 0 aliphatic carbocycles. The van der Waals surface area contributed by atoms with E-state index in [1.54, 1.807) is 6.20 Å². The highest BCUT2D eigenvalue weighted by Gasteiger charge is 2.19. The fraction of sp³-hybridized carbons (Fsp3) is 0.500. The molecule has 28 heavy (non-hydrogen) atoms. The Balaban J connectivity index is 0.00000280. The van der Waals surface area contributed by atoms with Crippen LogP contribution in [0.2, 0.25) is 0 Å². The Morgan fingerprint density at radius 2 is 2.00 bits per heavy atom. The summed E-state index contributed by atoms with van der Waals surface area (Å²) < 4.78 is 16.7. The number of nitrogens with one attached hydrogen (secondary N) is 1. The number of nitrogens with zero attached hydrogens (tertiary/aromatic N) is 3. The molecular formula is C20H29IN4O3. The zero-order valence-electron chi connectivity index (χ0n) is 17.1. The molecule has 0 amide bonds. The normalized spacial score (nSPS) is 13.2. The van der Waals surface area contributed by atoms with Gasteiger partial charge in [0.15, 0.2) is 17.5 Å². The summed E-state index contributed by atoms with van der Waals surface area (Å²) in [7, 11) is 2.00. The quantitative estimate of drug-likeness (QED) is 0.382. The standard InChI is InChI=1S/C20H28N4O3.HI/c1-6-21-19(23-11-18-22-10-17(27-18)20(2,3)4)24(5)12-14-7-8-15-16(9-14)26-13-25-15;/h7-10H,6,11-13H2,1-5H3,(H,21,23);1H. The number of aliphatic imine (C=N–C) groups is 1. The van der Waals surface area contributed by atoms with Crippen LogP contribution in [0.4, 0.5) is 0 Å². The van der Waals surface area contributed by atoms with Gasteiger partial charge in [0.25, 0.3) is 0 Å². The Labute approximate surface area is 183 Å². The van der Waals surface area contributed by atoms with E-state index in [1.165, 1.54) is 0 Å². The number of oxazole rings is 1. The molecule has 0 saturated carbocycles. The third-order valence-electron chi connectivity index (χ3n) is 4.21. The first-order valence-corrected chi connectivity index (χ1v) is 9.20. The molecule has 0 fully saturated rings. The van der Waals surface area contributed by atoms with Crippen molar-refractivity contribution in [2.75, 3.05) is 20.4 Å². The van der Waals surface area contributed by atoms with Crippen LogP contribution in [0.25, 0.3) is 0 Å². The smallest absolute Gasteiger partial charge is 0.231 e. The third-order valence-corrected chi connectivity index (χ3v) is 4.21. The summed E-state index contributed by atoms with van der Waals surface area (Å²) in [6.45, 7) is 10.5. The van der Waals surface area contributed by atoms with Crippen LogP contribution in [0.1, 0.15) is 44.9 Å². The number of rotatable bonds is 5. The molecule has 0 saturated heterocycles. The number of guanidine groups is 1. The van der Waals surface area contributed by atoms with Crippen LogP contribution in [-0.2, 0) is 18.5 Å². The Kier molecular flexibility index (Phi) is 7.56. The first kappa shape index (κ1) is 22.3. The summed E-state index contributed by atoms with van der Waals surface area (Å²) in [5, 5.41) is 3.31. The first-order chi connectivity index (χ1) is 12.9. The third kappa shape index (κ3) is 5.52. The summed E-state index contributed by atoms with van der Waals surface area (Å²) in [6, 6.07) is 5.99. The minimum absolute atomic E-state index is 0. The van der Waals surface area contributed by atoms with Crippen molar-refractivity contribution in [3.8, 4) is 11.5 Å². The van der Waals surface area contributed by atoms with Crippen molar-refractivity contribution in [3.63, 3.8) is 0 Å². The number of aromatic nitrogens is 1. The van der Waals surface area contributed by atoms with Crippen molar-refractivity contribution < 1.29 is 13.9 Å². The van der Waals surface area contributed by atoms with Crippen LogP contribution in [0.5, 0.6) is 11.5 Å². The van der Waals surface area contributed by atoms with Gasteiger partial charge in [-0.05, 0) is 24.6 Å². The lowest BCUT2D eigenvalue weighted by molar-refractivity contribution is 0.174. The largest absolute Gasteiger partial charge is 0.454 e. The molecular weight excluding hydrogens is 471 g/mol. The molecule has 154 valence electrons. The molecule has 0 bridgehead atoms. The SMILES string of the molecule is CCNC(=NCc1ncc(C(C)(C)C)o1)N(C)Cc1ccc2c(c1)OCO2.I. The van der Waals surface area contributed by atoms with Crippen LogP contribution in [0.3, 0.4) is 0 Å². The van der Waals surface area contributed by atoms with Crippen molar-refractivity contribution in [3.05, 3.63) is 41.6 Å². The number of halogens is 1. The fourth-order valence-corrected chi connectivity index (χ4v) is 2.73. The average molecular weight is 500 g/mol. The number of benzene rings is 1. The van der Waals surface area contributed by atoms with Crippen molar-refractivity contribution >= 4 is 29.9 Å². The minimum Gasteiger partial charge on any atom is -0.454 e. The van der Waals surface area contributed by atoms with E-state index in [-0.39, 0.29) is 36.2 Å². The lowest BCUT2D eigenvalue weighted by Gasteiger charge is -2.22. The summed E-state index contributed by atoms with van der Waals surface area (Å²) >= 11 is 0. The highest BCUT2D eigenvalue weighted by Crippen LogP contribution is 2.32. The van der Waals surface area contributed by atoms with Crippen molar-refractivity contribution in [1.29, 1.82) is 0 Å². The Morgan fingerprint density at radius 1 is 1.25 bits per heavy atom. The van der Waals surface area contributed by atoms with Gasteiger partial charge in [0.05, 0.1) is 6.20 Å². The summed E-state index contributed by atoms with van der Waals surface area (Å²) in [5.74, 6) is 3.86. The molecule has 2 heterocycles. The maximum atomic E-state index is 5.83. The van der Waals surface area contributed by atoms with Gasteiger partial charge in [-0.1, -0.05) is 26.8 Å². The molecule has 1 aliphatic heterocycles. The molecule has 1 N–H and O–H groups in total. The van der Waals surface area contributed by atoms with Crippen molar-refractivity contribution in [2.45, 2.75) is 46.2 Å². The molecule has 1 aromatic carbocycles. The van der Waals surface area contributed by atoms with E-state index < -0.39 is 0 Å². The number of ether oxygens (including phenoxy) is 2.